The van der Waals surface area contributed by atoms with E-state index in [1.165, 1.54) is 18.2 Å². The predicted octanol–water partition coefficient (Wildman–Crippen LogP) is 4.75. The standard InChI is InChI=1S/C13H8ClF4N/c14-10-6-11(15)9(5-12(10)19)7-1-3-8(4-2-7)13(16,17)18/h1-6H,19H2. The van der Waals surface area contributed by atoms with Crippen molar-refractivity contribution in [2.75, 3.05) is 5.73 Å². The molecular weight excluding hydrogens is 282 g/mol. The van der Waals surface area contributed by atoms with Gasteiger partial charge in [-0.3, -0.25) is 0 Å². The summed E-state index contributed by atoms with van der Waals surface area (Å²) < 4.78 is 50.9. The van der Waals surface area contributed by atoms with Gasteiger partial charge in [0.05, 0.1) is 16.3 Å². The zero-order valence-corrected chi connectivity index (χ0v) is 10.2. The highest BCUT2D eigenvalue weighted by Gasteiger charge is 2.30. The van der Waals surface area contributed by atoms with Gasteiger partial charge in [0.2, 0.25) is 0 Å². The van der Waals surface area contributed by atoms with Gasteiger partial charge in [-0.1, -0.05) is 23.7 Å². The third-order valence-electron chi connectivity index (χ3n) is 2.61. The number of anilines is 1. The van der Waals surface area contributed by atoms with E-state index in [0.717, 1.165) is 18.2 Å². The third kappa shape index (κ3) is 2.81. The molecule has 0 spiro atoms. The van der Waals surface area contributed by atoms with E-state index >= 15 is 0 Å². The first-order valence-electron chi connectivity index (χ1n) is 5.21. The fourth-order valence-corrected chi connectivity index (χ4v) is 1.78. The molecule has 0 fully saturated rings. The highest BCUT2D eigenvalue weighted by atomic mass is 35.5. The molecule has 0 saturated carbocycles. The van der Waals surface area contributed by atoms with Gasteiger partial charge in [0.1, 0.15) is 5.82 Å². The zero-order valence-electron chi connectivity index (χ0n) is 9.43. The molecule has 0 aliphatic rings. The van der Waals surface area contributed by atoms with Gasteiger partial charge in [-0.2, -0.15) is 13.2 Å². The molecule has 19 heavy (non-hydrogen) atoms. The van der Waals surface area contributed by atoms with Crippen LogP contribution in [-0.4, -0.2) is 0 Å². The minimum Gasteiger partial charge on any atom is -0.398 e. The van der Waals surface area contributed by atoms with Crippen LogP contribution in [0.4, 0.5) is 23.2 Å². The number of nitrogens with two attached hydrogens (primary N) is 1. The molecule has 100 valence electrons. The number of benzene rings is 2. The molecular formula is C13H8ClF4N. The predicted molar refractivity (Wildman–Crippen MR) is 66.3 cm³/mol. The molecule has 0 saturated heterocycles. The lowest BCUT2D eigenvalue weighted by atomic mass is 10.0. The minimum absolute atomic E-state index is 0.0631. The van der Waals surface area contributed by atoms with E-state index in [1.807, 2.05) is 0 Å². The van der Waals surface area contributed by atoms with Gasteiger partial charge >= 0.3 is 6.18 Å². The topological polar surface area (TPSA) is 26.0 Å². The van der Waals surface area contributed by atoms with E-state index in [1.54, 1.807) is 0 Å². The molecule has 0 bridgehead atoms. The van der Waals surface area contributed by atoms with Crippen LogP contribution in [0.5, 0.6) is 0 Å². The Balaban J connectivity index is 2.46. The van der Waals surface area contributed by atoms with Crippen LogP contribution in [0.15, 0.2) is 36.4 Å². The first-order valence-corrected chi connectivity index (χ1v) is 5.59. The molecule has 0 atom stereocenters. The monoisotopic (exact) mass is 289 g/mol. The highest BCUT2D eigenvalue weighted by Crippen LogP contribution is 2.33. The van der Waals surface area contributed by atoms with Crippen LogP contribution in [0, 0.1) is 5.82 Å². The van der Waals surface area contributed by atoms with Crippen molar-refractivity contribution in [2.45, 2.75) is 6.18 Å². The van der Waals surface area contributed by atoms with Gasteiger partial charge in [-0.15, -0.1) is 0 Å². The summed E-state index contributed by atoms with van der Waals surface area (Å²) in [6.07, 6.45) is -4.42. The summed E-state index contributed by atoms with van der Waals surface area (Å²) in [4.78, 5) is 0. The molecule has 0 amide bonds. The van der Waals surface area contributed by atoms with Gasteiger partial charge in [-0.05, 0) is 29.8 Å². The van der Waals surface area contributed by atoms with E-state index in [2.05, 4.69) is 0 Å². The molecule has 0 aliphatic carbocycles. The second kappa shape index (κ2) is 4.74. The number of hydrogen-bond acceptors (Lipinski definition) is 1. The van der Waals surface area contributed by atoms with Crippen molar-refractivity contribution in [1.82, 2.24) is 0 Å². The number of rotatable bonds is 1. The summed E-state index contributed by atoms with van der Waals surface area (Å²) >= 11 is 5.64. The Morgan fingerprint density at radius 2 is 1.58 bits per heavy atom. The Kier molecular flexibility index (Phi) is 3.41. The molecule has 0 aliphatic heterocycles. The maximum Gasteiger partial charge on any atom is 0.416 e. The van der Waals surface area contributed by atoms with Crippen LogP contribution in [-0.2, 0) is 6.18 Å². The van der Waals surface area contributed by atoms with Crippen molar-refractivity contribution >= 4 is 17.3 Å². The quantitative estimate of drug-likeness (QED) is 0.595. The van der Waals surface area contributed by atoms with Crippen molar-refractivity contribution in [2.24, 2.45) is 0 Å². The molecule has 1 nitrogen and oxygen atoms in total. The van der Waals surface area contributed by atoms with Crippen molar-refractivity contribution < 1.29 is 17.6 Å². The maximum absolute atomic E-state index is 13.7. The molecule has 0 radical (unpaired) electrons. The molecule has 0 heterocycles. The first kappa shape index (κ1) is 13.7. The summed E-state index contributed by atoms with van der Waals surface area (Å²) in [5.74, 6) is -0.640. The Hall–Kier alpha value is -1.75. The third-order valence-corrected chi connectivity index (χ3v) is 2.94. The van der Waals surface area contributed by atoms with Gasteiger partial charge in [-0.25, -0.2) is 4.39 Å². The van der Waals surface area contributed by atoms with Gasteiger partial charge in [0.15, 0.2) is 0 Å². The van der Waals surface area contributed by atoms with Crippen molar-refractivity contribution in [3.63, 3.8) is 0 Å². The zero-order chi connectivity index (χ0) is 14.2. The molecule has 2 aromatic carbocycles. The maximum atomic E-state index is 13.7. The van der Waals surface area contributed by atoms with Crippen molar-refractivity contribution in [3.05, 3.63) is 52.8 Å². The average molecular weight is 290 g/mol. The van der Waals surface area contributed by atoms with E-state index in [0.29, 0.717) is 5.56 Å². The van der Waals surface area contributed by atoms with E-state index < -0.39 is 17.6 Å². The normalized spacial score (nSPS) is 11.6. The number of halogens is 5. The highest BCUT2D eigenvalue weighted by molar-refractivity contribution is 6.33. The number of hydrogen-bond donors (Lipinski definition) is 1. The summed E-state index contributed by atoms with van der Waals surface area (Å²) in [5, 5.41) is 0.0631. The van der Waals surface area contributed by atoms with Crippen molar-refractivity contribution in [3.8, 4) is 11.1 Å². The molecule has 2 aromatic rings. The number of nitrogen functional groups attached to an aromatic ring is 1. The van der Waals surface area contributed by atoms with Crippen LogP contribution >= 0.6 is 11.6 Å². The van der Waals surface area contributed by atoms with Crippen molar-refractivity contribution in [1.29, 1.82) is 0 Å². The average Bonchev–Trinajstić information content (AvgIpc) is 2.33. The van der Waals surface area contributed by atoms with Crippen LogP contribution in [0.1, 0.15) is 5.56 Å². The molecule has 2 rings (SSSR count). The SMILES string of the molecule is Nc1cc(-c2ccc(C(F)(F)F)cc2)c(F)cc1Cl. The van der Waals surface area contributed by atoms with Gasteiger partial charge < -0.3 is 5.73 Å². The summed E-state index contributed by atoms with van der Waals surface area (Å²) in [5.41, 5.74) is 5.33. The molecule has 2 N–H and O–H groups in total. The lowest BCUT2D eigenvalue weighted by Gasteiger charge is -2.09. The van der Waals surface area contributed by atoms with Gasteiger partial charge in [0.25, 0.3) is 0 Å². The van der Waals surface area contributed by atoms with Crippen LogP contribution in [0.25, 0.3) is 11.1 Å². The number of alkyl halides is 3. The smallest absolute Gasteiger partial charge is 0.398 e. The summed E-state index contributed by atoms with van der Waals surface area (Å²) in [6.45, 7) is 0. The second-order valence-corrected chi connectivity index (χ2v) is 4.34. The van der Waals surface area contributed by atoms with Crippen LogP contribution in [0.3, 0.4) is 0 Å². The molecule has 6 heteroatoms. The summed E-state index contributed by atoms with van der Waals surface area (Å²) in [7, 11) is 0. The molecule has 0 unspecified atom stereocenters. The Bertz CT molecular complexity index is 605. The van der Waals surface area contributed by atoms with E-state index in [9.17, 15) is 17.6 Å². The van der Waals surface area contributed by atoms with Gasteiger partial charge in [0, 0.05) is 5.56 Å². The van der Waals surface area contributed by atoms with E-state index in [4.69, 9.17) is 17.3 Å². The Morgan fingerprint density at radius 1 is 1.00 bits per heavy atom. The largest absolute Gasteiger partial charge is 0.416 e. The van der Waals surface area contributed by atoms with E-state index in [-0.39, 0.29) is 16.3 Å². The molecule has 0 aromatic heterocycles. The van der Waals surface area contributed by atoms with Crippen LogP contribution in [0.2, 0.25) is 5.02 Å². The lowest BCUT2D eigenvalue weighted by molar-refractivity contribution is -0.137. The Labute approximate surface area is 111 Å². The second-order valence-electron chi connectivity index (χ2n) is 3.93. The first-order chi connectivity index (χ1) is 8.79. The lowest BCUT2D eigenvalue weighted by Crippen LogP contribution is -2.04. The fraction of sp³-hybridized carbons (Fsp3) is 0.0769. The van der Waals surface area contributed by atoms with Crippen LogP contribution < -0.4 is 5.73 Å². The Morgan fingerprint density at radius 3 is 2.11 bits per heavy atom. The fourth-order valence-electron chi connectivity index (χ4n) is 1.63. The minimum atomic E-state index is -4.42. The summed E-state index contributed by atoms with van der Waals surface area (Å²) in [6, 6.07) is 6.48.